The number of hydrogen-bond donors (Lipinski definition) is 1. The summed E-state index contributed by atoms with van der Waals surface area (Å²) < 4.78 is 0. The van der Waals surface area contributed by atoms with Gasteiger partial charge in [0, 0.05) is 61.6 Å². The largest absolute Gasteiger partial charge is 0.346 e. The minimum absolute atomic E-state index is 0.0676. The Bertz CT molecular complexity index is 805. The Balaban J connectivity index is 1.40. The maximum atomic E-state index is 12.6. The van der Waals surface area contributed by atoms with Crippen LogP contribution in [0.15, 0.2) is 36.2 Å². The Hall–Kier alpha value is -2.25. The smallest absolute Gasteiger partial charge is 0.255 e. The number of piperazine rings is 1. The Morgan fingerprint density at radius 1 is 1.26 bits per heavy atom. The third kappa shape index (κ3) is 2.97. The van der Waals surface area contributed by atoms with Crippen molar-refractivity contribution in [1.29, 1.82) is 0 Å². The number of pyridine rings is 1. The third-order valence-corrected chi connectivity index (χ3v) is 4.93. The summed E-state index contributed by atoms with van der Waals surface area (Å²) in [7, 11) is 0. The number of aromatic amines is 1. The lowest BCUT2D eigenvalue weighted by Crippen LogP contribution is -2.48. The zero-order chi connectivity index (χ0) is 15.6. The topological polar surface area (TPSA) is 65.1 Å². The number of aromatic nitrogens is 3. The van der Waals surface area contributed by atoms with Crippen molar-refractivity contribution >= 4 is 28.3 Å². The highest BCUT2D eigenvalue weighted by atomic mass is 32.1. The molecule has 0 saturated carbocycles. The molecule has 23 heavy (non-hydrogen) atoms. The van der Waals surface area contributed by atoms with Crippen molar-refractivity contribution < 1.29 is 4.79 Å². The van der Waals surface area contributed by atoms with Crippen molar-refractivity contribution in [3.63, 3.8) is 0 Å². The second-order valence-corrected chi connectivity index (χ2v) is 6.65. The Morgan fingerprint density at radius 2 is 2.13 bits per heavy atom. The number of carbonyl (C=O) groups excluding carboxylic acids is 1. The number of nitrogens with zero attached hydrogens (tertiary/aromatic N) is 4. The molecule has 0 spiro atoms. The SMILES string of the molecule is O=C(c1cnc2[nH]ccc2c1)N1CCN(Cc2cncs2)CC1. The van der Waals surface area contributed by atoms with E-state index in [2.05, 4.69) is 19.9 Å². The van der Waals surface area contributed by atoms with Gasteiger partial charge in [0.25, 0.3) is 5.91 Å². The number of hydrogen-bond acceptors (Lipinski definition) is 5. The van der Waals surface area contributed by atoms with E-state index in [0.29, 0.717) is 5.56 Å². The molecule has 0 atom stereocenters. The van der Waals surface area contributed by atoms with E-state index in [4.69, 9.17) is 0 Å². The first kappa shape index (κ1) is 14.3. The molecule has 1 amide bonds. The minimum atomic E-state index is 0.0676. The van der Waals surface area contributed by atoms with Gasteiger partial charge in [0.15, 0.2) is 0 Å². The van der Waals surface area contributed by atoms with Crippen LogP contribution in [0.2, 0.25) is 0 Å². The molecule has 1 fully saturated rings. The Morgan fingerprint density at radius 3 is 2.91 bits per heavy atom. The van der Waals surface area contributed by atoms with Gasteiger partial charge < -0.3 is 9.88 Å². The quantitative estimate of drug-likeness (QED) is 0.799. The first-order valence-electron chi connectivity index (χ1n) is 7.62. The van der Waals surface area contributed by atoms with Crippen LogP contribution in [-0.4, -0.2) is 56.8 Å². The van der Waals surface area contributed by atoms with E-state index in [1.54, 1.807) is 17.5 Å². The number of thiazole rings is 1. The zero-order valence-corrected chi connectivity index (χ0v) is 13.4. The lowest BCUT2D eigenvalue weighted by molar-refractivity contribution is 0.0629. The Labute approximate surface area is 137 Å². The summed E-state index contributed by atoms with van der Waals surface area (Å²) in [6.45, 7) is 4.21. The summed E-state index contributed by atoms with van der Waals surface area (Å²) in [6, 6.07) is 3.84. The number of amides is 1. The van der Waals surface area contributed by atoms with Gasteiger partial charge in [0.2, 0.25) is 0 Å². The van der Waals surface area contributed by atoms with E-state index >= 15 is 0 Å². The third-order valence-electron chi connectivity index (χ3n) is 4.17. The van der Waals surface area contributed by atoms with Crippen LogP contribution < -0.4 is 0 Å². The van der Waals surface area contributed by atoms with Crippen LogP contribution in [-0.2, 0) is 6.54 Å². The highest BCUT2D eigenvalue weighted by Gasteiger charge is 2.22. The van der Waals surface area contributed by atoms with Gasteiger partial charge in [-0.15, -0.1) is 11.3 Å². The van der Waals surface area contributed by atoms with Gasteiger partial charge in [-0.1, -0.05) is 0 Å². The monoisotopic (exact) mass is 327 g/mol. The molecule has 3 aromatic rings. The predicted octanol–water partition coefficient (Wildman–Crippen LogP) is 1.98. The molecule has 3 aromatic heterocycles. The average molecular weight is 327 g/mol. The molecule has 4 rings (SSSR count). The summed E-state index contributed by atoms with van der Waals surface area (Å²) in [6.07, 6.45) is 5.41. The molecular formula is C16H17N5OS. The van der Waals surface area contributed by atoms with E-state index in [0.717, 1.165) is 43.8 Å². The van der Waals surface area contributed by atoms with Gasteiger partial charge in [-0.2, -0.15) is 0 Å². The molecule has 0 aliphatic carbocycles. The number of H-pyrrole nitrogens is 1. The fraction of sp³-hybridized carbons (Fsp3) is 0.312. The lowest BCUT2D eigenvalue weighted by Gasteiger charge is -2.34. The lowest BCUT2D eigenvalue weighted by atomic mass is 10.2. The van der Waals surface area contributed by atoms with Gasteiger partial charge >= 0.3 is 0 Å². The molecule has 1 aliphatic rings. The maximum Gasteiger partial charge on any atom is 0.255 e. The van der Waals surface area contributed by atoms with E-state index < -0.39 is 0 Å². The zero-order valence-electron chi connectivity index (χ0n) is 12.6. The highest BCUT2D eigenvalue weighted by molar-refractivity contribution is 7.09. The first-order valence-corrected chi connectivity index (χ1v) is 8.50. The van der Waals surface area contributed by atoms with Gasteiger partial charge in [-0.25, -0.2) is 4.98 Å². The Kier molecular flexibility index (Phi) is 3.80. The molecule has 6 nitrogen and oxygen atoms in total. The average Bonchev–Trinajstić information content (AvgIpc) is 3.25. The van der Waals surface area contributed by atoms with Gasteiger partial charge in [0.1, 0.15) is 5.65 Å². The fourth-order valence-corrected chi connectivity index (χ4v) is 3.52. The first-order chi connectivity index (χ1) is 11.3. The van der Waals surface area contributed by atoms with Crippen LogP contribution in [0.4, 0.5) is 0 Å². The molecule has 0 radical (unpaired) electrons. The number of rotatable bonds is 3. The molecule has 4 heterocycles. The van der Waals surface area contributed by atoms with Crippen LogP contribution in [0.25, 0.3) is 11.0 Å². The summed E-state index contributed by atoms with van der Waals surface area (Å²) in [5.74, 6) is 0.0676. The van der Waals surface area contributed by atoms with Crippen LogP contribution in [0.5, 0.6) is 0 Å². The number of fused-ring (bicyclic) bond motifs is 1. The second-order valence-electron chi connectivity index (χ2n) is 5.68. The van der Waals surface area contributed by atoms with E-state index in [1.807, 2.05) is 34.9 Å². The minimum Gasteiger partial charge on any atom is -0.346 e. The summed E-state index contributed by atoms with van der Waals surface area (Å²) in [4.78, 5) is 29.6. The van der Waals surface area contributed by atoms with Crippen molar-refractivity contribution in [1.82, 2.24) is 24.8 Å². The van der Waals surface area contributed by atoms with Gasteiger partial charge in [-0.05, 0) is 12.1 Å². The van der Waals surface area contributed by atoms with E-state index in [9.17, 15) is 4.79 Å². The fourth-order valence-electron chi connectivity index (χ4n) is 2.89. The standard InChI is InChI=1S/C16H17N5OS/c22-16(13-7-12-1-2-18-15(12)19-8-13)21-5-3-20(4-6-21)10-14-9-17-11-23-14/h1-2,7-9,11H,3-6,10H2,(H,18,19). The second kappa shape index (κ2) is 6.10. The van der Waals surface area contributed by atoms with Crippen molar-refractivity contribution in [2.75, 3.05) is 26.2 Å². The maximum absolute atomic E-state index is 12.6. The van der Waals surface area contributed by atoms with E-state index in [-0.39, 0.29) is 5.91 Å². The number of nitrogens with one attached hydrogen (secondary N) is 1. The molecule has 0 bridgehead atoms. The van der Waals surface area contributed by atoms with Gasteiger partial charge in [0.05, 0.1) is 11.1 Å². The summed E-state index contributed by atoms with van der Waals surface area (Å²) in [5, 5.41) is 0.972. The summed E-state index contributed by atoms with van der Waals surface area (Å²) >= 11 is 1.68. The van der Waals surface area contributed by atoms with Crippen molar-refractivity contribution in [3.05, 3.63) is 46.7 Å². The van der Waals surface area contributed by atoms with Crippen LogP contribution >= 0.6 is 11.3 Å². The molecule has 1 N–H and O–H groups in total. The van der Waals surface area contributed by atoms with Crippen molar-refractivity contribution in [2.45, 2.75) is 6.54 Å². The van der Waals surface area contributed by atoms with Crippen molar-refractivity contribution in [3.8, 4) is 0 Å². The molecule has 118 valence electrons. The molecule has 0 aromatic carbocycles. The van der Waals surface area contributed by atoms with Crippen LogP contribution in [0, 0.1) is 0 Å². The molecule has 7 heteroatoms. The predicted molar refractivity (Wildman–Crippen MR) is 89.4 cm³/mol. The normalized spacial score (nSPS) is 16.1. The van der Waals surface area contributed by atoms with E-state index in [1.165, 1.54) is 4.88 Å². The highest BCUT2D eigenvalue weighted by Crippen LogP contribution is 2.16. The molecule has 1 saturated heterocycles. The molecule has 0 unspecified atom stereocenters. The summed E-state index contributed by atoms with van der Waals surface area (Å²) in [5.41, 5.74) is 3.34. The van der Waals surface area contributed by atoms with Crippen molar-refractivity contribution in [2.24, 2.45) is 0 Å². The van der Waals surface area contributed by atoms with Crippen LogP contribution in [0.3, 0.4) is 0 Å². The number of carbonyl (C=O) groups is 1. The molecule has 1 aliphatic heterocycles. The molecular weight excluding hydrogens is 310 g/mol. The van der Waals surface area contributed by atoms with Gasteiger partial charge in [-0.3, -0.25) is 14.7 Å². The van der Waals surface area contributed by atoms with Crippen LogP contribution in [0.1, 0.15) is 15.2 Å².